The maximum absolute atomic E-state index is 13.0. The number of hydrogen-bond donors (Lipinski definition) is 0. The molecular formula is C12H12Cl2FN. The molecule has 0 fully saturated rings. The standard InChI is InChI=1S/C12H11ClFN.ClH/c1-2-3-9-7-11(13)10-6-8(14)4-5-12(10)15-9;/h4-7H,2-3H2,1H3;1H. The molecule has 0 saturated carbocycles. The second kappa shape index (κ2) is 5.46. The lowest BCUT2D eigenvalue weighted by atomic mass is 10.1. The van der Waals surface area contributed by atoms with E-state index in [-0.39, 0.29) is 18.2 Å². The van der Waals surface area contributed by atoms with Crippen LogP contribution in [0.15, 0.2) is 24.3 Å². The van der Waals surface area contributed by atoms with Gasteiger partial charge < -0.3 is 0 Å². The zero-order chi connectivity index (χ0) is 10.8. The highest BCUT2D eigenvalue weighted by atomic mass is 35.5. The Labute approximate surface area is 105 Å². The van der Waals surface area contributed by atoms with Crippen molar-refractivity contribution >= 4 is 34.9 Å². The molecule has 16 heavy (non-hydrogen) atoms. The molecule has 0 saturated heterocycles. The van der Waals surface area contributed by atoms with Crippen molar-refractivity contribution in [1.82, 2.24) is 4.98 Å². The largest absolute Gasteiger partial charge is 0.253 e. The van der Waals surface area contributed by atoms with Crippen LogP contribution in [-0.2, 0) is 6.42 Å². The molecule has 4 heteroatoms. The number of fused-ring (bicyclic) bond motifs is 1. The fraction of sp³-hybridized carbons (Fsp3) is 0.250. The number of hydrogen-bond acceptors (Lipinski definition) is 1. The average Bonchev–Trinajstić information content (AvgIpc) is 2.20. The Bertz CT molecular complexity index is 500. The third kappa shape index (κ3) is 2.63. The summed E-state index contributed by atoms with van der Waals surface area (Å²) < 4.78 is 13.0. The van der Waals surface area contributed by atoms with Gasteiger partial charge in [0.1, 0.15) is 5.82 Å². The van der Waals surface area contributed by atoms with Crippen LogP contribution in [-0.4, -0.2) is 4.98 Å². The van der Waals surface area contributed by atoms with Crippen LogP contribution in [0.4, 0.5) is 4.39 Å². The van der Waals surface area contributed by atoms with Crippen LogP contribution in [0.2, 0.25) is 5.02 Å². The molecule has 0 bridgehead atoms. The van der Waals surface area contributed by atoms with E-state index >= 15 is 0 Å². The van der Waals surface area contributed by atoms with Gasteiger partial charge in [-0.1, -0.05) is 24.9 Å². The van der Waals surface area contributed by atoms with Gasteiger partial charge in [0.05, 0.1) is 10.5 Å². The SMILES string of the molecule is CCCc1cc(Cl)c2cc(F)ccc2n1.Cl. The van der Waals surface area contributed by atoms with E-state index in [4.69, 9.17) is 11.6 Å². The molecule has 0 atom stereocenters. The molecule has 0 spiro atoms. The highest BCUT2D eigenvalue weighted by Gasteiger charge is 2.04. The number of nitrogens with zero attached hydrogens (tertiary/aromatic N) is 1. The summed E-state index contributed by atoms with van der Waals surface area (Å²) in [5, 5.41) is 1.25. The second-order valence-corrected chi connectivity index (χ2v) is 3.91. The molecule has 0 aliphatic carbocycles. The number of pyridine rings is 1. The van der Waals surface area contributed by atoms with Gasteiger partial charge in [-0.2, -0.15) is 0 Å². The summed E-state index contributed by atoms with van der Waals surface area (Å²) in [6, 6.07) is 6.30. The molecule has 0 unspecified atom stereocenters. The maximum Gasteiger partial charge on any atom is 0.124 e. The topological polar surface area (TPSA) is 12.9 Å². The van der Waals surface area contributed by atoms with Crippen LogP contribution in [0.3, 0.4) is 0 Å². The van der Waals surface area contributed by atoms with Crippen LogP contribution in [0.5, 0.6) is 0 Å². The maximum atomic E-state index is 13.0. The van der Waals surface area contributed by atoms with Crippen LogP contribution in [0.1, 0.15) is 19.0 Å². The van der Waals surface area contributed by atoms with Crippen molar-refractivity contribution in [2.75, 3.05) is 0 Å². The summed E-state index contributed by atoms with van der Waals surface area (Å²) in [5.41, 5.74) is 1.72. The number of rotatable bonds is 2. The van der Waals surface area contributed by atoms with Gasteiger partial charge in [-0.25, -0.2) is 4.39 Å². The second-order valence-electron chi connectivity index (χ2n) is 3.51. The fourth-order valence-electron chi connectivity index (χ4n) is 1.59. The lowest BCUT2D eigenvalue weighted by molar-refractivity contribution is 0.629. The molecule has 0 aliphatic heterocycles. The van der Waals surface area contributed by atoms with Crippen LogP contribution >= 0.6 is 24.0 Å². The van der Waals surface area contributed by atoms with Gasteiger partial charge in [0.2, 0.25) is 0 Å². The van der Waals surface area contributed by atoms with Gasteiger partial charge in [0.25, 0.3) is 0 Å². The molecule has 1 nitrogen and oxygen atoms in total. The van der Waals surface area contributed by atoms with Crippen molar-refractivity contribution in [1.29, 1.82) is 0 Å². The Morgan fingerprint density at radius 3 is 2.75 bits per heavy atom. The van der Waals surface area contributed by atoms with Crippen LogP contribution in [0.25, 0.3) is 10.9 Å². The van der Waals surface area contributed by atoms with Gasteiger partial charge in [-0.15, -0.1) is 12.4 Å². The lowest BCUT2D eigenvalue weighted by Crippen LogP contribution is -1.91. The van der Waals surface area contributed by atoms with Crippen molar-refractivity contribution in [3.8, 4) is 0 Å². The molecule has 2 rings (SSSR count). The molecule has 0 radical (unpaired) electrons. The summed E-state index contributed by atoms with van der Waals surface area (Å²) in [4.78, 5) is 4.42. The first-order valence-corrected chi connectivity index (χ1v) is 5.33. The first-order chi connectivity index (χ1) is 7.20. The molecule has 1 aromatic heterocycles. The van der Waals surface area contributed by atoms with Crippen molar-refractivity contribution < 1.29 is 4.39 Å². The molecule has 0 N–H and O–H groups in total. The first kappa shape index (κ1) is 13.2. The molecule has 2 aromatic rings. The minimum atomic E-state index is -0.283. The predicted molar refractivity (Wildman–Crippen MR) is 68.0 cm³/mol. The molecule has 1 aromatic carbocycles. The van der Waals surface area contributed by atoms with E-state index in [2.05, 4.69) is 11.9 Å². The van der Waals surface area contributed by atoms with E-state index in [1.54, 1.807) is 6.07 Å². The van der Waals surface area contributed by atoms with Crippen LogP contribution in [0, 0.1) is 5.82 Å². The van der Waals surface area contributed by atoms with Gasteiger partial charge in [0.15, 0.2) is 0 Å². The Balaban J connectivity index is 0.00000128. The molecule has 0 amide bonds. The van der Waals surface area contributed by atoms with Gasteiger partial charge in [-0.3, -0.25) is 4.98 Å². The van der Waals surface area contributed by atoms with Crippen molar-refractivity contribution in [2.24, 2.45) is 0 Å². The van der Waals surface area contributed by atoms with E-state index < -0.39 is 0 Å². The summed E-state index contributed by atoms with van der Waals surface area (Å²) in [7, 11) is 0. The number of aromatic nitrogens is 1. The quantitative estimate of drug-likeness (QED) is 0.779. The third-order valence-electron chi connectivity index (χ3n) is 2.28. The van der Waals surface area contributed by atoms with Crippen molar-refractivity contribution in [2.45, 2.75) is 19.8 Å². The Hall–Kier alpha value is -0.860. The van der Waals surface area contributed by atoms with Gasteiger partial charge in [-0.05, 0) is 30.7 Å². The number of halogens is 3. The molecular weight excluding hydrogens is 248 g/mol. The summed E-state index contributed by atoms with van der Waals surface area (Å²) >= 11 is 6.06. The van der Waals surface area contributed by atoms with E-state index in [1.807, 2.05) is 6.07 Å². The number of aryl methyl sites for hydroxylation is 1. The Morgan fingerprint density at radius 1 is 1.31 bits per heavy atom. The minimum Gasteiger partial charge on any atom is -0.253 e. The van der Waals surface area contributed by atoms with Crippen LogP contribution < -0.4 is 0 Å². The Morgan fingerprint density at radius 2 is 2.06 bits per heavy atom. The van der Waals surface area contributed by atoms with Gasteiger partial charge in [0, 0.05) is 11.1 Å². The zero-order valence-corrected chi connectivity index (χ0v) is 10.4. The summed E-state index contributed by atoms with van der Waals surface area (Å²) in [5.74, 6) is -0.283. The zero-order valence-electron chi connectivity index (χ0n) is 8.84. The van der Waals surface area contributed by atoms with Crippen molar-refractivity contribution in [3.05, 3.63) is 40.8 Å². The van der Waals surface area contributed by atoms with E-state index in [9.17, 15) is 4.39 Å². The lowest BCUT2D eigenvalue weighted by Gasteiger charge is -2.04. The van der Waals surface area contributed by atoms with E-state index in [1.165, 1.54) is 12.1 Å². The highest BCUT2D eigenvalue weighted by molar-refractivity contribution is 6.35. The first-order valence-electron chi connectivity index (χ1n) is 4.95. The fourth-order valence-corrected chi connectivity index (χ4v) is 1.87. The minimum absolute atomic E-state index is 0. The summed E-state index contributed by atoms with van der Waals surface area (Å²) in [6.07, 6.45) is 1.92. The van der Waals surface area contributed by atoms with E-state index in [0.717, 1.165) is 24.1 Å². The van der Waals surface area contributed by atoms with Gasteiger partial charge >= 0.3 is 0 Å². The van der Waals surface area contributed by atoms with E-state index in [0.29, 0.717) is 10.4 Å². The highest BCUT2D eigenvalue weighted by Crippen LogP contribution is 2.24. The average molecular weight is 260 g/mol. The predicted octanol–water partition coefficient (Wildman–Crippen LogP) is 4.40. The normalized spacial score (nSPS) is 10.2. The molecule has 86 valence electrons. The monoisotopic (exact) mass is 259 g/mol. The van der Waals surface area contributed by atoms with Crippen molar-refractivity contribution in [3.63, 3.8) is 0 Å². The molecule has 0 aliphatic rings. The molecule has 1 heterocycles. The Kier molecular flexibility index (Phi) is 4.51. The third-order valence-corrected chi connectivity index (χ3v) is 2.59. The number of benzene rings is 1. The summed E-state index contributed by atoms with van der Waals surface area (Å²) in [6.45, 7) is 2.09. The smallest absolute Gasteiger partial charge is 0.124 e.